The Morgan fingerprint density at radius 1 is 1.13 bits per heavy atom. The maximum Gasteiger partial charge on any atom is 0.305 e. The summed E-state index contributed by atoms with van der Waals surface area (Å²) in [5, 5.41) is 0. The first kappa shape index (κ1) is 14.7. The Kier molecular flexibility index (Phi) is 7.78. The number of unbranched alkanes of at least 4 members (excludes halogenated alkanes) is 4. The predicted molar refractivity (Wildman–Crippen MR) is 59.4 cm³/mol. The van der Waals surface area contributed by atoms with Crippen molar-refractivity contribution in [2.24, 2.45) is 0 Å². The predicted octanol–water partition coefficient (Wildman–Crippen LogP) is 2.07. The van der Waals surface area contributed by atoms with Crippen molar-refractivity contribution in [2.75, 3.05) is 12.9 Å². The molecule has 0 aromatic rings. The number of hydrogen-bond acceptors (Lipinski definition) is 4. The van der Waals surface area contributed by atoms with Crippen LogP contribution in [0.2, 0.25) is 0 Å². The van der Waals surface area contributed by atoms with Gasteiger partial charge in [-0.3, -0.25) is 4.79 Å². The minimum absolute atomic E-state index is 0.0333. The van der Waals surface area contributed by atoms with Crippen molar-refractivity contribution >= 4 is 25.7 Å². The molecule has 4 nitrogen and oxygen atoms in total. The molecule has 0 fully saturated rings. The smallest absolute Gasteiger partial charge is 0.305 e. The summed E-state index contributed by atoms with van der Waals surface area (Å²) in [4.78, 5) is 10.7. The van der Waals surface area contributed by atoms with Gasteiger partial charge in [-0.15, -0.1) is 0 Å². The van der Waals surface area contributed by atoms with E-state index < -0.39 is 9.05 Å². The van der Waals surface area contributed by atoms with Gasteiger partial charge in [-0.05, 0) is 12.8 Å². The number of carbonyl (C=O) groups is 1. The standard InChI is InChI=1S/C9H17ClO4S/c1-14-9(11)7-5-3-2-4-6-8-15(10,12)13/h2-8H2,1H3. The second kappa shape index (κ2) is 7.93. The van der Waals surface area contributed by atoms with Crippen molar-refractivity contribution < 1.29 is 17.9 Å². The molecular formula is C9H17ClO4S. The zero-order chi connectivity index (χ0) is 11.7. The molecule has 0 aromatic carbocycles. The molecule has 0 amide bonds. The normalized spacial score (nSPS) is 11.3. The molecule has 6 heteroatoms. The average molecular weight is 257 g/mol. The molecule has 0 unspecified atom stereocenters. The zero-order valence-corrected chi connectivity index (χ0v) is 10.4. The summed E-state index contributed by atoms with van der Waals surface area (Å²) < 4.78 is 25.6. The van der Waals surface area contributed by atoms with Gasteiger partial charge in [-0.2, -0.15) is 0 Å². The van der Waals surface area contributed by atoms with Crippen LogP contribution in [-0.4, -0.2) is 27.2 Å². The van der Waals surface area contributed by atoms with Gasteiger partial charge in [0.05, 0.1) is 12.9 Å². The highest BCUT2D eigenvalue weighted by atomic mass is 35.7. The third kappa shape index (κ3) is 11.6. The maximum absolute atomic E-state index is 10.7. The van der Waals surface area contributed by atoms with Crippen LogP contribution in [0.5, 0.6) is 0 Å². The molecule has 0 saturated heterocycles. The van der Waals surface area contributed by atoms with Gasteiger partial charge in [-0.25, -0.2) is 8.42 Å². The van der Waals surface area contributed by atoms with E-state index in [0.717, 1.165) is 25.7 Å². The summed E-state index contributed by atoms with van der Waals surface area (Å²) in [6, 6.07) is 0. The Hall–Kier alpha value is -0.290. The lowest BCUT2D eigenvalue weighted by atomic mass is 10.1. The average Bonchev–Trinajstić information content (AvgIpc) is 2.14. The van der Waals surface area contributed by atoms with Crippen molar-refractivity contribution in [1.29, 1.82) is 0 Å². The molecule has 0 heterocycles. The summed E-state index contributed by atoms with van der Waals surface area (Å²) in [6.45, 7) is 0. The van der Waals surface area contributed by atoms with Crippen molar-refractivity contribution in [3.8, 4) is 0 Å². The van der Waals surface area contributed by atoms with Crippen LogP contribution in [0.25, 0.3) is 0 Å². The van der Waals surface area contributed by atoms with Crippen molar-refractivity contribution in [2.45, 2.75) is 38.5 Å². The fourth-order valence-corrected chi connectivity index (χ4v) is 2.05. The largest absolute Gasteiger partial charge is 0.469 e. The third-order valence-electron chi connectivity index (χ3n) is 2.00. The Morgan fingerprint density at radius 2 is 1.67 bits per heavy atom. The van der Waals surface area contributed by atoms with Crippen LogP contribution in [0, 0.1) is 0 Å². The number of ether oxygens (including phenoxy) is 1. The highest BCUT2D eigenvalue weighted by Gasteiger charge is 2.04. The SMILES string of the molecule is COC(=O)CCCCCCCS(=O)(=O)Cl. The van der Waals surface area contributed by atoms with Gasteiger partial charge in [0, 0.05) is 17.1 Å². The minimum Gasteiger partial charge on any atom is -0.469 e. The molecule has 0 aliphatic carbocycles. The number of rotatable bonds is 8. The molecule has 90 valence electrons. The van der Waals surface area contributed by atoms with E-state index in [4.69, 9.17) is 10.7 Å². The van der Waals surface area contributed by atoms with Crippen molar-refractivity contribution in [3.63, 3.8) is 0 Å². The first-order valence-electron chi connectivity index (χ1n) is 4.95. The fourth-order valence-electron chi connectivity index (χ4n) is 1.18. The number of hydrogen-bond donors (Lipinski definition) is 0. The van der Waals surface area contributed by atoms with E-state index in [1.54, 1.807) is 0 Å². The summed E-state index contributed by atoms with van der Waals surface area (Å²) in [5.41, 5.74) is 0. The van der Waals surface area contributed by atoms with Crippen LogP contribution < -0.4 is 0 Å². The monoisotopic (exact) mass is 256 g/mol. The first-order chi connectivity index (χ1) is 6.95. The summed E-state index contributed by atoms with van der Waals surface area (Å²) in [7, 11) is 3.08. The lowest BCUT2D eigenvalue weighted by Gasteiger charge is -2.00. The Balaban J connectivity index is 3.23. The second-order valence-corrected chi connectivity index (χ2v) is 6.23. The van der Waals surface area contributed by atoms with Crippen LogP contribution in [0.1, 0.15) is 38.5 Å². The minimum atomic E-state index is -3.34. The molecule has 0 bridgehead atoms. The molecule has 15 heavy (non-hydrogen) atoms. The molecule has 0 aromatic heterocycles. The molecule has 0 atom stereocenters. The van der Waals surface area contributed by atoms with Crippen LogP contribution >= 0.6 is 10.7 Å². The molecule has 0 N–H and O–H groups in total. The van der Waals surface area contributed by atoms with E-state index >= 15 is 0 Å². The molecule has 0 rings (SSSR count). The quantitative estimate of drug-likeness (QED) is 0.379. The van der Waals surface area contributed by atoms with Gasteiger partial charge < -0.3 is 4.74 Å². The Bertz CT molecular complexity index is 274. The van der Waals surface area contributed by atoms with Crippen LogP contribution in [0.15, 0.2) is 0 Å². The van der Waals surface area contributed by atoms with Crippen molar-refractivity contribution in [3.05, 3.63) is 0 Å². The highest BCUT2D eigenvalue weighted by molar-refractivity contribution is 8.13. The van der Waals surface area contributed by atoms with Gasteiger partial charge in [0.25, 0.3) is 0 Å². The molecule has 0 aliphatic heterocycles. The van der Waals surface area contributed by atoms with E-state index in [2.05, 4.69) is 4.74 Å². The van der Waals surface area contributed by atoms with Gasteiger partial charge in [0.15, 0.2) is 0 Å². The van der Waals surface area contributed by atoms with Crippen molar-refractivity contribution in [1.82, 2.24) is 0 Å². The number of esters is 1. The molecular weight excluding hydrogens is 240 g/mol. The van der Waals surface area contributed by atoms with E-state index in [1.165, 1.54) is 7.11 Å². The van der Waals surface area contributed by atoms with Gasteiger partial charge >= 0.3 is 5.97 Å². The molecule has 0 saturated carbocycles. The van der Waals surface area contributed by atoms with E-state index in [9.17, 15) is 13.2 Å². The van der Waals surface area contributed by atoms with Crippen LogP contribution in [-0.2, 0) is 18.6 Å². The van der Waals surface area contributed by atoms with Crippen LogP contribution in [0.3, 0.4) is 0 Å². The number of halogens is 1. The third-order valence-corrected chi connectivity index (χ3v) is 3.24. The summed E-state index contributed by atoms with van der Waals surface area (Å²) in [6.07, 6.45) is 4.47. The molecule has 0 radical (unpaired) electrons. The highest BCUT2D eigenvalue weighted by Crippen LogP contribution is 2.08. The Labute approximate surface area is 95.4 Å². The second-order valence-electron chi connectivity index (χ2n) is 3.34. The fraction of sp³-hybridized carbons (Fsp3) is 0.889. The lowest BCUT2D eigenvalue weighted by Crippen LogP contribution is -1.99. The lowest BCUT2D eigenvalue weighted by molar-refractivity contribution is -0.140. The van der Waals surface area contributed by atoms with E-state index in [0.29, 0.717) is 12.8 Å². The van der Waals surface area contributed by atoms with E-state index in [-0.39, 0.29) is 11.7 Å². The van der Waals surface area contributed by atoms with E-state index in [1.807, 2.05) is 0 Å². The topological polar surface area (TPSA) is 60.4 Å². The van der Waals surface area contributed by atoms with Gasteiger partial charge in [0.2, 0.25) is 9.05 Å². The van der Waals surface area contributed by atoms with Crippen LogP contribution in [0.4, 0.5) is 0 Å². The number of carbonyl (C=O) groups excluding carboxylic acids is 1. The first-order valence-corrected chi connectivity index (χ1v) is 7.42. The van der Waals surface area contributed by atoms with Gasteiger partial charge in [0.1, 0.15) is 0 Å². The Morgan fingerprint density at radius 3 is 2.20 bits per heavy atom. The number of methoxy groups -OCH3 is 1. The van der Waals surface area contributed by atoms with Gasteiger partial charge in [-0.1, -0.05) is 19.3 Å². The molecule has 0 aliphatic rings. The molecule has 0 spiro atoms. The zero-order valence-electron chi connectivity index (χ0n) is 8.87. The maximum atomic E-state index is 10.7. The summed E-state index contributed by atoms with van der Waals surface area (Å²) >= 11 is 0. The summed E-state index contributed by atoms with van der Waals surface area (Å²) in [5.74, 6) is -0.163.